The van der Waals surface area contributed by atoms with Crippen LogP contribution >= 0.6 is 0 Å². The summed E-state index contributed by atoms with van der Waals surface area (Å²) in [7, 11) is -2.96. The second-order valence-corrected chi connectivity index (χ2v) is 7.46. The molecule has 1 aliphatic rings. The number of aromatic nitrogens is 1. The van der Waals surface area contributed by atoms with Crippen LogP contribution in [0.3, 0.4) is 0 Å². The van der Waals surface area contributed by atoms with Gasteiger partial charge < -0.3 is 15.5 Å². The standard InChI is InChI=1S/C12H15N3O3S/c1-12(4-5-19(16,17)7-12)15-11-14-9-3-2-8(13)6-10(9)18-11/h2-3,6H,4-5,7,13H2,1H3,(H,14,15). The maximum absolute atomic E-state index is 11.5. The van der Waals surface area contributed by atoms with Crippen molar-refractivity contribution in [2.75, 3.05) is 22.6 Å². The first-order valence-electron chi connectivity index (χ1n) is 6.00. The van der Waals surface area contributed by atoms with E-state index in [1.165, 1.54) is 0 Å². The van der Waals surface area contributed by atoms with Crippen molar-refractivity contribution in [3.05, 3.63) is 18.2 Å². The van der Waals surface area contributed by atoms with Gasteiger partial charge in [0.05, 0.1) is 17.0 Å². The average Bonchev–Trinajstić information content (AvgIpc) is 2.78. The Bertz CT molecular complexity index is 738. The van der Waals surface area contributed by atoms with Gasteiger partial charge in [0.1, 0.15) is 5.52 Å². The highest BCUT2D eigenvalue weighted by Crippen LogP contribution is 2.29. The molecule has 7 heteroatoms. The molecule has 1 unspecified atom stereocenters. The third-order valence-corrected chi connectivity index (χ3v) is 5.23. The number of rotatable bonds is 2. The Hall–Kier alpha value is -1.76. The minimum Gasteiger partial charge on any atom is -0.423 e. The number of oxazole rings is 1. The number of nitrogens with zero attached hydrogens (tertiary/aromatic N) is 1. The van der Waals surface area contributed by atoms with E-state index in [-0.39, 0.29) is 11.5 Å². The van der Waals surface area contributed by atoms with Gasteiger partial charge in [-0.25, -0.2) is 8.42 Å². The summed E-state index contributed by atoms with van der Waals surface area (Å²) < 4.78 is 28.6. The van der Waals surface area contributed by atoms with E-state index >= 15 is 0 Å². The summed E-state index contributed by atoms with van der Waals surface area (Å²) in [6.07, 6.45) is 0.552. The summed E-state index contributed by atoms with van der Waals surface area (Å²) in [6, 6.07) is 5.55. The summed E-state index contributed by atoms with van der Waals surface area (Å²) in [6.45, 7) is 1.86. The van der Waals surface area contributed by atoms with Crippen LogP contribution < -0.4 is 11.1 Å². The summed E-state index contributed by atoms with van der Waals surface area (Å²) in [5.74, 6) is 0.296. The van der Waals surface area contributed by atoms with E-state index in [9.17, 15) is 8.42 Å². The van der Waals surface area contributed by atoms with Crippen molar-refractivity contribution in [3.63, 3.8) is 0 Å². The largest absolute Gasteiger partial charge is 0.423 e. The Kier molecular flexibility index (Phi) is 2.50. The molecule has 19 heavy (non-hydrogen) atoms. The van der Waals surface area contributed by atoms with Gasteiger partial charge in [-0.15, -0.1) is 0 Å². The van der Waals surface area contributed by atoms with Crippen molar-refractivity contribution >= 4 is 32.6 Å². The Morgan fingerprint density at radius 3 is 2.95 bits per heavy atom. The van der Waals surface area contributed by atoms with Crippen molar-refractivity contribution in [1.29, 1.82) is 0 Å². The molecule has 102 valence electrons. The number of nitrogens with two attached hydrogens (primary N) is 1. The number of nitrogen functional groups attached to an aromatic ring is 1. The number of hydrogen-bond acceptors (Lipinski definition) is 6. The van der Waals surface area contributed by atoms with Crippen LogP contribution in [0.2, 0.25) is 0 Å². The fraction of sp³-hybridized carbons (Fsp3) is 0.417. The molecular formula is C12H15N3O3S. The molecule has 1 aromatic heterocycles. The van der Waals surface area contributed by atoms with E-state index in [0.29, 0.717) is 29.2 Å². The SMILES string of the molecule is CC1(Nc2nc3ccc(N)cc3o2)CCS(=O)(=O)C1. The molecule has 2 heterocycles. The van der Waals surface area contributed by atoms with Crippen molar-refractivity contribution in [2.45, 2.75) is 18.9 Å². The van der Waals surface area contributed by atoms with Gasteiger partial charge in [-0.1, -0.05) is 0 Å². The topological polar surface area (TPSA) is 98.2 Å². The maximum atomic E-state index is 11.5. The zero-order valence-electron chi connectivity index (χ0n) is 10.5. The van der Waals surface area contributed by atoms with Crippen LogP contribution in [-0.4, -0.2) is 30.4 Å². The molecule has 3 N–H and O–H groups in total. The number of anilines is 2. The van der Waals surface area contributed by atoms with Gasteiger partial charge in [0.2, 0.25) is 0 Å². The normalized spacial score (nSPS) is 25.7. The summed E-state index contributed by atoms with van der Waals surface area (Å²) in [5, 5.41) is 3.08. The number of sulfone groups is 1. The Morgan fingerprint density at radius 2 is 2.26 bits per heavy atom. The second-order valence-electron chi connectivity index (χ2n) is 5.27. The van der Waals surface area contributed by atoms with Crippen LogP contribution in [0.15, 0.2) is 22.6 Å². The van der Waals surface area contributed by atoms with Crippen LogP contribution in [0, 0.1) is 0 Å². The predicted octanol–water partition coefficient (Wildman–Crippen LogP) is 1.40. The fourth-order valence-electron chi connectivity index (χ4n) is 2.36. The van der Waals surface area contributed by atoms with Gasteiger partial charge in [-0.3, -0.25) is 0 Å². The Morgan fingerprint density at radius 1 is 1.47 bits per heavy atom. The first kappa shape index (κ1) is 12.3. The number of nitrogens with one attached hydrogen (secondary N) is 1. The van der Waals surface area contributed by atoms with Crippen LogP contribution in [0.1, 0.15) is 13.3 Å². The van der Waals surface area contributed by atoms with E-state index in [1.807, 2.05) is 6.92 Å². The summed E-state index contributed by atoms with van der Waals surface area (Å²) >= 11 is 0. The molecule has 1 fully saturated rings. The third-order valence-electron chi connectivity index (χ3n) is 3.32. The molecule has 0 radical (unpaired) electrons. The third kappa shape index (κ3) is 2.37. The molecular weight excluding hydrogens is 266 g/mol. The van der Waals surface area contributed by atoms with Crippen molar-refractivity contribution in [2.24, 2.45) is 0 Å². The van der Waals surface area contributed by atoms with Gasteiger partial charge in [0.25, 0.3) is 6.01 Å². The minimum absolute atomic E-state index is 0.0981. The zero-order valence-corrected chi connectivity index (χ0v) is 11.3. The molecule has 1 aromatic carbocycles. The van der Waals surface area contributed by atoms with Crippen molar-refractivity contribution in [1.82, 2.24) is 4.98 Å². The molecule has 1 saturated heterocycles. The summed E-state index contributed by atoms with van der Waals surface area (Å²) in [5.41, 5.74) is 7.04. The van der Waals surface area contributed by atoms with Crippen LogP contribution in [0.4, 0.5) is 11.7 Å². The molecule has 6 nitrogen and oxygen atoms in total. The monoisotopic (exact) mass is 281 g/mol. The van der Waals surface area contributed by atoms with Crippen LogP contribution in [0.25, 0.3) is 11.1 Å². The van der Waals surface area contributed by atoms with E-state index in [4.69, 9.17) is 10.2 Å². The minimum atomic E-state index is -2.96. The highest BCUT2D eigenvalue weighted by atomic mass is 32.2. The molecule has 0 aliphatic carbocycles. The second kappa shape index (κ2) is 3.86. The Labute approximate surface area is 110 Å². The predicted molar refractivity (Wildman–Crippen MR) is 73.7 cm³/mol. The zero-order chi connectivity index (χ0) is 13.7. The van der Waals surface area contributed by atoms with Crippen LogP contribution in [-0.2, 0) is 9.84 Å². The first-order valence-corrected chi connectivity index (χ1v) is 7.82. The number of benzene rings is 1. The molecule has 0 amide bonds. The number of hydrogen-bond donors (Lipinski definition) is 2. The lowest BCUT2D eigenvalue weighted by Crippen LogP contribution is -2.35. The smallest absolute Gasteiger partial charge is 0.296 e. The Balaban J connectivity index is 1.90. The molecule has 3 rings (SSSR count). The van der Waals surface area contributed by atoms with Crippen LogP contribution in [0.5, 0.6) is 0 Å². The highest BCUT2D eigenvalue weighted by molar-refractivity contribution is 7.91. The lowest BCUT2D eigenvalue weighted by molar-refractivity contribution is 0.528. The quantitative estimate of drug-likeness (QED) is 0.807. The average molecular weight is 281 g/mol. The molecule has 0 spiro atoms. The fourth-order valence-corrected chi connectivity index (χ4v) is 4.46. The van der Waals surface area contributed by atoms with Gasteiger partial charge >= 0.3 is 0 Å². The molecule has 0 saturated carbocycles. The lowest BCUT2D eigenvalue weighted by atomic mass is 10.0. The molecule has 0 bridgehead atoms. The molecule has 1 aliphatic heterocycles. The molecule has 1 atom stereocenters. The molecule has 2 aromatic rings. The van der Waals surface area contributed by atoms with Gasteiger partial charge in [-0.2, -0.15) is 4.98 Å². The van der Waals surface area contributed by atoms with Gasteiger partial charge in [-0.05, 0) is 25.5 Å². The lowest BCUT2D eigenvalue weighted by Gasteiger charge is -2.22. The van der Waals surface area contributed by atoms with E-state index < -0.39 is 15.4 Å². The maximum Gasteiger partial charge on any atom is 0.296 e. The van der Waals surface area contributed by atoms with Crippen molar-refractivity contribution < 1.29 is 12.8 Å². The number of fused-ring (bicyclic) bond motifs is 1. The highest BCUT2D eigenvalue weighted by Gasteiger charge is 2.39. The van der Waals surface area contributed by atoms with Crippen molar-refractivity contribution in [3.8, 4) is 0 Å². The van der Waals surface area contributed by atoms with E-state index in [1.54, 1.807) is 18.2 Å². The van der Waals surface area contributed by atoms with Gasteiger partial charge in [0.15, 0.2) is 15.4 Å². The summed E-state index contributed by atoms with van der Waals surface area (Å²) in [4.78, 5) is 4.28. The van der Waals surface area contributed by atoms with E-state index in [0.717, 1.165) is 0 Å². The first-order chi connectivity index (χ1) is 8.85. The van der Waals surface area contributed by atoms with E-state index in [2.05, 4.69) is 10.3 Å². The van der Waals surface area contributed by atoms with Gasteiger partial charge in [0, 0.05) is 11.8 Å².